The molecule has 208 valence electrons. The molecule has 2 aromatic rings. The minimum Gasteiger partial charge on any atom is -0.462 e. The average Bonchev–Trinajstić information content (AvgIpc) is 2.87. The maximum absolute atomic E-state index is 12.7. The van der Waals surface area contributed by atoms with Crippen molar-refractivity contribution >= 4 is 11.9 Å². The molecule has 1 aliphatic heterocycles. The molecule has 7 nitrogen and oxygen atoms in total. The van der Waals surface area contributed by atoms with E-state index in [1.165, 1.54) is 13.8 Å². The number of aliphatic hydroxyl groups is 1. The third-order valence-corrected chi connectivity index (χ3v) is 7.24. The van der Waals surface area contributed by atoms with E-state index < -0.39 is 24.1 Å². The smallest absolute Gasteiger partial charge is 0.347 e. The molecule has 38 heavy (non-hydrogen) atoms. The number of hydrogen-bond donors (Lipinski definition) is 1. The van der Waals surface area contributed by atoms with Crippen molar-refractivity contribution in [2.24, 2.45) is 0 Å². The van der Waals surface area contributed by atoms with E-state index in [1.54, 1.807) is 0 Å². The molecule has 0 radical (unpaired) electrons. The molecule has 3 rings (SSSR count). The number of benzene rings is 2. The Morgan fingerprint density at radius 3 is 1.92 bits per heavy atom. The topological polar surface area (TPSA) is 85.3 Å². The molecule has 2 unspecified atom stereocenters. The quantitative estimate of drug-likeness (QED) is 0.375. The number of ether oxygens (including phenoxy) is 2. The lowest BCUT2D eigenvalue weighted by atomic mass is 9.82. The van der Waals surface area contributed by atoms with Gasteiger partial charge in [0.05, 0.1) is 6.61 Å². The summed E-state index contributed by atoms with van der Waals surface area (Å²) in [6.45, 7) is 11.7. The van der Waals surface area contributed by atoms with Crippen LogP contribution in [0, 0.1) is 0 Å². The van der Waals surface area contributed by atoms with E-state index in [1.807, 2.05) is 48.5 Å². The molecule has 2 aromatic carbocycles. The van der Waals surface area contributed by atoms with Gasteiger partial charge in [0.15, 0.2) is 6.10 Å². The van der Waals surface area contributed by atoms with Gasteiger partial charge in [-0.2, -0.15) is 5.06 Å². The van der Waals surface area contributed by atoms with Crippen LogP contribution in [-0.4, -0.2) is 52.0 Å². The van der Waals surface area contributed by atoms with Crippen molar-refractivity contribution in [3.8, 4) is 0 Å². The molecule has 0 aromatic heterocycles. The molecule has 0 amide bonds. The van der Waals surface area contributed by atoms with Crippen LogP contribution < -0.4 is 0 Å². The third-order valence-electron chi connectivity index (χ3n) is 7.24. The van der Waals surface area contributed by atoms with Gasteiger partial charge in [-0.05, 0) is 78.4 Å². The van der Waals surface area contributed by atoms with Crippen LogP contribution in [0.25, 0.3) is 0 Å². The Kier molecular flexibility index (Phi) is 10.1. The van der Waals surface area contributed by atoms with Gasteiger partial charge >= 0.3 is 11.9 Å². The van der Waals surface area contributed by atoms with Crippen LogP contribution in [0.15, 0.2) is 60.7 Å². The third kappa shape index (κ3) is 7.88. The minimum absolute atomic E-state index is 0.0961. The number of esters is 2. The van der Waals surface area contributed by atoms with Gasteiger partial charge in [0.1, 0.15) is 12.2 Å². The zero-order valence-electron chi connectivity index (χ0n) is 23.6. The second-order valence-electron chi connectivity index (χ2n) is 11.5. The van der Waals surface area contributed by atoms with Crippen molar-refractivity contribution in [2.45, 2.75) is 103 Å². The fraction of sp³-hybridized carbons (Fsp3) is 0.548. The van der Waals surface area contributed by atoms with Crippen molar-refractivity contribution in [3.05, 3.63) is 71.8 Å². The Bertz CT molecular complexity index is 1020. The number of hydroxylamine groups is 2. The van der Waals surface area contributed by atoms with Crippen LogP contribution in [-0.2, 0) is 23.9 Å². The van der Waals surface area contributed by atoms with Crippen molar-refractivity contribution in [1.82, 2.24) is 5.06 Å². The van der Waals surface area contributed by atoms with Crippen molar-refractivity contribution in [2.75, 3.05) is 6.61 Å². The molecule has 1 fully saturated rings. The molecule has 0 aliphatic carbocycles. The summed E-state index contributed by atoms with van der Waals surface area (Å²) in [6, 6.07) is 20.1. The maximum Gasteiger partial charge on any atom is 0.347 e. The van der Waals surface area contributed by atoms with Gasteiger partial charge < -0.3 is 14.6 Å². The van der Waals surface area contributed by atoms with Gasteiger partial charge in [-0.15, -0.1) is 0 Å². The highest BCUT2D eigenvalue weighted by Crippen LogP contribution is 2.42. The molecule has 7 heteroatoms. The van der Waals surface area contributed by atoms with Gasteiger partial charge in [-0.25, -0.2) is 9.59 Å². The molecule has 0 saturated carbocycles. The van der Waals surface area contributed by atoms with Gasteiger partial charge in [-0.1, -0.05) is 60.7 Å². The van der Waals surface area contributed by atoms with E-state index in [4.69, 9.17) is 14.3 Å². The van der Waals surface area contributed by atoms with Crippen LogP contribution in [0.1, 0.15) is 90.4 Å². The Labute approximate surface area is 227 Å². The first-order chi connectivity index (χ1) is 17.9. The summed E-state index contributed by atoms with van der Waals surface area (Å²) in [4.78, 5) is 31.3. The van der Waals surface area contributed by atoms with E-state index in [2.05, 4.69) is 44.9 Å². The Balaban J connectivity index is 1.84. The monoisotopic (exact) mass is 525 g/mol. The van der Waals surface area contributed by atoms with Crippen LogP contribution in [0.4, 0.5) is 0 Å². The maximum atomic E-state index is 12.7. The number of nitrogens with zero attached hydrogens (tertiary/aromatic N) is 1. The molecule has 4 atom stereocenters. The Morgan fingerprint density at radius 1 is 0.868 bits per heavy atom. The fourth-order valence-electron chi connectivity index (χ4n) is 5.20. The normalized spacial score (nSPS) is 20.1. The fourth-order valence-corrected chi connectivity index (χ4v) is 5.20. The first kappa shape index (κ1) is 29.8. The van der Waals surface area contributed by atoms with Gasteiger partial charge in [0.25, 0.3) is 0 Å². The number of carbonyl (C=O) groups is 2. The summed E-state index contributed by atoms with van der Waals surface area (Å²) in [7, 11) is 0. The lowest BCUT2D eigenvalue weighted by Crippen LogP contribution is -2.58. The van der Waals surface area contributed by atoms with Crippen molar-refractivity contribution in [3.63, 3.8) is 0 Å². The van der Waals surface area contributed by atoms with Crippen LogP contribution in [0.3, 0.4) is 0 Å². The second kappa shape index (κ2) is 12.9. The molecule has 1 saturated heterocycles. The van der Waals surface area contributed by atoms with E-state index in [0.29, 0.717) is 6.42 Å². The summed E-state index contributed by atoms with van der Waals surface area (Å²) in [6.07, 6.45) is 1.10. The summed E-state index contributed by atoms with van der Waals surface area (Å²) in [5, 5.41) is 11.6. The lowest BCUT2D eigenvalue weighted by molar-refractivity contribution is -0.309. The predicted molar refractivity (Wildman–Crippen MR) is 146 cm³/mol. The number of rotatable bonds is 11. The molecule has 0 spiro atoms. The average molecular weight is 526 g/mol. The SMILES string of the molecule is C[C@H](O)C(=O)O[C@@H](C)C(=O)OCC(CC(ON1C(C)(C)CCCC1(C)C)c1ccccc1)c1ccccc1. The van der Waals surface area contributed by atoms with Gasteiger partial charge in [0.2, 0.25) is 0 Å². The standard InChI is InChI=1S/C31H43NO6/c1-22(33)28(34)37-23(2)29(35)36-21-26(24-14-9-7-10-15-24)20-27(25-16-11-8-12-17-25)38-32-30(3,4)18-13-19-31(32,5)6/h7-12,14-17,22-23,26-27,33H,13,18-21H2,1-6H3/t22-,23-,26?,27?/m0/s1. The molecule has 1 aliphatic rings. The number of carbonyl (C=O) groups excluding carboxylic acids is 2. The van der Waals surface area contributed by atoms with Gasteiger partial charge in [-0.3, -0.25) is 4.84 Å². The minimum atomic E-state index is -1.31. The second-order valence-corrected chi connectivity index (χ2v) is 11.5. The first-order valence-electron chi connectivity index (χ1n) is 13.5. The summed E-state index contributed by atoms with van der Waals surface area (Å²) in [5.41, 5.74) is 1.81. The van der Waals surface area contributed by atoms with Gasteiger partial charge in [0, 0.05) is 17.0 Å². The van der Waals surface area contributed by atoms with E-state index in [9.17, 15) is 14.7 Å². The zero-order chi connectivity index (χ0) is 27.9. The molecular weight excluding hydrogens is 482 g/mol. The molecule has 0 bridgehead atoms. The molecular formula is C31H43NO6. The highest BCUT2D eigenvalue weighted by Gasteiger charge is 2.44. The largest absolute Gasteiger partial charge is 0.462 e. The van der Waals surface area contributed by atoms with Crippen LogP contribution >= 0.6 is 0 Å². The van der Waals surface area contributed by atoms with E-state index >= 15 is 0 Å². The summed E-state index contributed by atoms with van der Waals surface area (Å²) in [5.74, 6) is -1.69. The summed E-state index contributed by atoms with van der Waals surface area (Å²) < 4.78 is 10.7. The Morgan fingerprint density at radius 2 is 1.39 bits per heavy atom. The summed E-state index contributed by atoms with van der Waals surface area (Å²) >= 11 is 0. The number of piperidine rings is 1. The van der Waals surface area contributed by atoms with Crippen LogP contribution in [0.5, 0.6) is 0 Å². The number of aliphatic hydroxyl groups excluding tert-OH is 1. The number of hydrogen-bond acceptors (Lipinski definition) is 7. The molecule has 1 N–H and O–H groups in total. The van der Waals surface area contributed by atoms with E-state index in [-0.39, 0.29) is 29.7 Å². The predicted octanol–water partition coefficient (Wildman–Crippen LogP) is 5.73. The van der Waals surface area contributed by atoms with E-state index in [0.717, 1.165) is 30.4 Å². The van der Waals surface area contributed by atoms with Crippen molar-refractivity contribution in [1.29, 1.82) is 0 Å². The first-order valence-corrected chi connectivity index (χ1v) is 13.5. The zero-order valence-corrected chi connectivity index (χ0v) is 23.6. The highest BCUT2D eigenvalue weighted by molar-refractivity contribution is 5.80. The Hall–Kier alpha value is -2.74. The highest BCUT2D eigenvalue weighted by atomic mass is 16.7. The van der Waals surface area contributed by atoms with Crippen molar-refractivity contribution < 1.29 is 29.0 Å². The lowest BCUT2D eigenvalue weighted by Gasteiger charge is -2.52. The molecule has 1 heterocycles. The van der Waals surface area contributed by atoms with Crippen LogP contribution in [0.2, 0.25) is 0 Å².